The normalized spacial score (nSPS) is 35.0. The zero-order valence-electron chi connectivity index (χ0n) is 8.45. The van der Waals surface area contributed by atoms with E-state index in [1.54, 1.807) is 0 Å². The highest BCUT2D eigenvalue weighted by molar-refractivity contribution is 4.81. The van der Waals surface area contributed by atoms with Gasteiger partial charge in [-0.2, -0.15) is 0 Å². The van der Waals surface area contributed by atoms with E-state index in [1.165, 1.54) is 6.42 Å². The second-order valence-corrected chi connectivity index (χ2v) is 4.02. The van der Waals surface area contributed by atoms with Crippen molar-refractivity contribution >= 4 is 0 Å². The highest BCUT2D eigenvalue weighted by atomic mass is 16.3. The minimum Gasteiger partial charge on any atom is -0.393 e. The van der Waals surface area contributed by atoms with Gasteiger partial charge in [-0.3, -0.25) is 4.90 Å². The van der Waals surface area contributed by atoms with Gasteiger partial charge in [0.05, 0.1) is 6.10 Å². The van der Waals surface area contributed by atoms with E-state index < -0.39 is 0 Å². The van der Waals surface area contributed by atoms with Crippen LogP contribution in [0, 0.1) is 0 Å². The summed E-state index contributed by atoms with van der Waals surface area (Å²) in [5.41, 5.74) is 0. The van der Waals surface area contributed by atoms with E-state index in [-0.39, 0.29) is 6.10 Å². The largest absolute Gasteiger partial charge is 0.393 e. The van der Waals surface area contributed by atoms with Gasteiger partial charge in [0.25, 0.3) is 0 Å². The van der Waals surface area contributed by atoms with Gasteiger partial charge in [-0.15, -0.1) is 0 Å². The molecule has 0 aliphatic carbocycles. The molecule has 0 saturated carbocycles. The van der Waals surface area contributed by atoms with Crippen LogP contribution in [0.15, 0.2) is 0 Å². The lowest BCUT2D eigenvalue weighted by Gasteiger charge is -2.39. The van der Waals surface area contributed by atoms with Gasteiger partial charge < -0.3 is 5.11 Å². The Morgan fingerprint density at radius 2 is 2.25 bits per heavy atom. The summed E-state index contributed by atoms with van der Waals surface area (Å²) in [4.78, 5) is 2.51. The second kappa shape index (κ2) is 4.24. The van der Waals surface area contributed by atoms with Crippen molar-refractivity contribution in [3.8, 4) is 0 Å². The van der Waals surface area contributed by atoms with Crippen molar-refractivity contribution < 1.29 is 5.11 Å². The van der Waals surface area contributed by atoms with Crippen LogP contribution in [0.5, 0.6) is 0 Å². The van der Waals surface area contributed by atoms with Crippen LogP contribution in [-0.4, -0.2) is 34.7 Å². The first kappa shape index (κ1) is 10.0. The standard InChI is InChI=1S/C10H21NO/c1-4-8(2)11-6-5-10(12)7-9(11)3/h8-10,12H,4-7H2,1-3H3/t8?,9-,10-/m0/s1. The summed E-state index contributed by atoms with van der Waals surface area (Å²) < 4.78 is 0. The first-order valence-corrected chi connectivity index (χ1v) is 5.09. The molecule has 1 N–H and O–H groups in total. The van der Waals surface area contributed by atoms with Gasteiger partial charge in [0.15, 0.2) is 0 Å². The Labute approximate surface area is 75.6 Å². The quantitative estimate of drug-likeness (QED) is 0.682. The Bertz CT molecular complexity index is 138. The Morgan fingerprint density at radius 1 is 1.58 bits per heavy atom. The Morgan fingerprint density at radius 3 is 2.75 bits per heavy atom. The lowest BCUT2D eigenvalue weighted by Crippen LogP contribution is -2.46. The van der Waals surface area contributed by atoms with Crippen molar-refractivity contribution in [2.45, 2.75) is 58.2 Å². The van der Waals surface area contributed by atoms with Crippen molar-refractivity contribution in [2.75, 3.05) is 6.54 Å². The second-order valence-electron chi connectivity index (χ2n) is 4.02. The lowest BCUT2D eigenvalue weighted by molar-refractivity contribution is 0.0273. The van der Waals surface area contributed by atoms with Crippen LogP contribution in [0.2, 0.25) is 0 Å². The van der Waals surface area contributed by atoms with Gasteiger partial charge in [0.2, 0.25) is 0 Å². The fraction of sp³-hybridized carbons (Fsp3) is 1.00. The van der Waals surface area contributed by atoms with Gasteiger partial charge in [0.1, 0.15) is 0 Å². The summed E-state index contributed by atoms with van der Waals surface area (Å²) in [5, 5.41) is 9.43. The maximum absolute atomic E-state index is 9.43. The molecule has 0 aromatic rings. The predicted molar refractivity (Wildman–Crippen MR) is 51.2 cm³/mol. The predicted octanol–water partition coefficient (Wildman–Crippen LogP) is 1.63. The van der Waals surface area contributed by atoms with E-state index in [2.05, 4.69) is 25.7 Å². The van der Waals surface area contributed by atoms with Crippen LogP contribution in [0.25, 0.3) is 0 Å². The average Bonchev–Trinajstić information content (AvgIpc) is 2.03. The third-order valence-electron chi connectivity index (χ3n) is 3.06. The van der Waals surface area contributed by atoms with E-state index >= 15 is 0 Å². The monoisotopic (exact) mass is 171 g/mol. The third kappa shape index (κ3) is 2.20. The van der Waals surface area contributed by atoms with Gasteiger partial charge >= 0.3 is 0 Å². The number of piperidine rings is 1. The fourth-order valence-electron chi connectivity index (χ4n) is 2.05. The molecule has 1 unspecified atom stereocenters. The molecule has 1 saturated heterocycles. The van der Waals surface area contributed by atoms with Crippen molar-refractivity contribution in [2.24, 2.45) is 0 Å². The maximum atomic E-state index is 9.43. The number of likely N-dealkylation sites (tertiary alicyclic amines) is 1. The number of aliphatic hydroxyl groups excluding tert-OH is 1. The summed E-state index contributed by atoms with van der Waals surface area (Å²) in [7, 11) is 0. The minimum absolute atomic E-state index is 0.0553. The molecule has 1 rings (SSSR count). The molecule has 0 aromatic heterocycles. The van der Waals surface area contributed by atoms with E-state index in [4.69, 9.17) is 0 Å². The molecule has 0 amide bonds. The molecule has 0 spiro atoms. The molecular weight excluding hydrogens is 150 g/mol. The van der Waals surface area contributed by atoms with Crippen LogP contribution in [-0.2, 0) is 0 Å². The SMILES string of the molecule is CCC(C)N1CC[C@H](O)C[C@@H]1C. The number of rotatable bonds is 2. The van der Waals surface area contributed by atoms with Gasteiger partial charge in [0, 0.05) is 18.6 Å². The van der Waals surface area contributed by atoms with Crippen molar-refractivity contribution in [1.29, 1.82) is 0 Å². The van der Waals surface area contributed by atoms with Gasteiger partial charge in [-0.25, -0.2) is 0 Å². The van der Waals surface area contributed by atoms with Crippen molar-refractivity contribution in [3.05, 3.63) is 0 Å². The first-order chi connectivity index (χ1) is 5.65. The van der Waals surface area contributed by atoms with Crippen LogP contribution < -0.4 is 0 Å². The average molecular weight is 171 g/mol. The molecule has 0 radical (unpaired) electrons. The molecule has 1 aliphatic rings. The molecule has 1 aliphatic heterocycles. The molecule has 2 heteroatoms. The zero-order chi connectivity index (χ0) is 9.14. The zero-order valence-corrected chi connectivity index (χ0v) is 8.45. The first-order valence-electron chi connectivity index (χ1n) is 5.09. The van der Waals surface area contributed by atoms with Crippen LogP contribution >= 0.6 is 0 Å². The molecule has 72 valence electrons. The molecule has 3 atom stereocenters. The fourth-order valence-corrected chi connectivity index (χ4v) is 2.05. The number of hydrogen-bond acceptors (Lipinski definition) is 2. The number of nitrogens with zero attached hydrogens (tertiary/aromatic N) is 1. The smallest absolute Gasteiger partial charge is 0.0567 e. The topological polar surface area (TPSA) is 23.5 Å². The van der Waals surface area contributed by atoms with E-state index in [9.17, 15) is 5.11 Å². The van der Waals surface area contributed by atoms with E-state index in [0.29, 0.717) is 12.1 Å². The van der Waals surface area contributed by atoms with Gasteiger partial charge in [-0.1, -0.05) is 6.92 Å². The maximum Gasteiger partial charge on any atom is 0.0567 e. The van der Waals surface area contributed by atoms with Crippen LogP contribution in [0.1, 0.15) is 40.0 Å². The molecule has 1 fully saturated rings. The molecule has 0 aromatic carbocycles. The Hall–Kier alpha value is -0.0800. The third-order valence-corrected chi connectivity index (χ3v) is 3.06. The highest BCUT2D eigenvalue weighted by Gasteiger charge is 2.26. The molecule has 2 nitrogen and oxygen atoms in total. The summed E-state index contributed by atoms with van der Waals surface area (Å²) in [6.07, 6.45) is 3.06. The minimum atomic E-state index is -0.0553. The Kier molecular flexibility index (Phi) is 3.53. The highest BCUT2D eigenvalue weighted by Crippen LogP contribution is 2.20. The summed E-state index contributed by atoms with van der Waals surface area (Å²) in [6, 6.07) is 1.23. The van der Waals surface area contributed by atoms with Crippen molar-refractivity contribution in [1.82, 2.24) is 4.90 Å². The number of aliphatic hydroxyl groups is 1. The van der Waals surface area contributed by atoms with E-state index in [0.717, 1.165) is 19.4 Å². The van der Waals surface area contributed by atoms with E-state index in [1.807, 2.05) is 0 Å². The summed E-state index contributed by atoms with van der Waals surface area (Å²) >= 11 is 0. The molecule has 1 heterocycles. The molecule has 12 heavy (non-hydrogen) atoms. The van der Waals surface area contributed by atoms with Crippen molar-refractivity contribution in [3.63, 3.8) is 0 Å². The lowest BCUT2D eigenvalue weighted by atomic mass is 9.98. The van der Waals surface area contributed by atoms with Gasteiger partial charge in [-0.05, 0) is 33.1 Å². The van der Waals surface area contributed by atoms with Crippen LogP contribution in [0.4, 0.5) is 0 Å². The van der Waals surface area contributed by atoms with Crippen LogP contribution in [0.3, 0.4) is 0 Å². The summed E-state index contributed by atoms with van der Waals surface area (Å²) in [5.74, 6) is 0. The molecule has 0 bridgehead atoms. The molecular formula is C10H21NO. The number of hydrogen-bond donors (Lipinski definition) is 1. The Balaban J connectivity index is 2.44. The summed E-state index contributed by atoms with van der Waals surface area (Å²) in [6.45, 7) is 7.78.